The topological polar surface area (TPSA) is 117 Å². The lowest BCUT2D eigenvalue weighted by Crippen LogP contribution is -2.72. The van der Waals surface area contributed by atoms with Crippen LogP contribution in [0.3, 0.4) is 0 Å². The number of alkyl carbamates (subject to hydrolysis) is 1. The van der Waals surface area contributed by atoms with Gasteiger partial charge in [0.05, 0.1) is 6.61 Å². The third-order valence-electron chi connectivity index (χ3n) is 3.41. The average molecular weight is 291 g/mol. The number of hydrogen-bond donors (Lipinski definition) is 4. The van der Waals surface area contributed by atoms with Crippen LogP contribution in [0.2, 0.25) is 0 Å². The minimum Gasteiger partial charge on any atom is -0.441 e. The van der Waals surface area contributed by atoms with Crippen molar-refractivity contribution < 1.29 is 34.3 Å². The van der Waals surface area contributed by atoms with Crippen molar-refractivity contribution in [2.75, 3.05) is 27.4 Å². The Kier molecular flexibility index (Phi) is 5.11. The molecule has 0 aromatic carbocycles. The highest BCUT2D eigenvalue weighted by molar-refractivity contribution is 5.67. The zero-order valence-electron chi connectivity index (χ0n) is 11.8. The van der Waals surface area contributed by atoms with E-state index in [1.54, 1.807) is 0 Å². The van der Waals surface area contributed by atoms with Gasteiger partial charge in [0.1, 0.15) is 12.7 Å². The van der Waals surface area contributed by atoms with Crippen molar-refractivity contribution in [3.8, 4) is 0 Å². The summed E-state index contributed by atoms with van der Waals surface area (Å²) in [5.41, 5.74) is -2.03. The van der Waals surface area contributed by atoms with Crippen LogP contribution >= 0.6 is 0 Å². The number of carbonyl (C=O) groups is 1. The fourth-order valence-electron chi connectivity index (χ4n) is 2.27. The molecule has 1 rings (SSSR count). The molecule has 20 heavy (non-hydrogen) atoms. The van der Waals surface area contributed by atoms with E-state index in [9.17, 15) is 20.1 Å². The van der Waals surface area contributed by atoms with Gasteiger partial charge in [-0.2, -0.15) is 0 Å². The molecule has 0 spiro atoms. The first-order chi connectivity index (χ1) is 9.26. The van der Waals surface area contributed by atoms with Gasteiger partial charge in [0.25, 0.3) is 0 Å². The number of ether oxygens (including phenoxy) is 3. The fraction of sp³-hybridized carbons (Fsp3) is 0.750. The van der Waals surface area contributed by atoms with E-state index >= 15 is 0 Å². The van der Waals surface area contributed by atoms with Gasteiger partial charge in [-0.15, -0.1) is 0 Å². The summed E-state index contributed by atoms with van der Waals surface area (Å²) in [4.78, 5) is 11.3. The summed E-state index contributed by atoms with van der Waals surface area (Å²) in [7, 11) is 2.66. The van der Waals surface area contributed by atoms with E-state index in [2.05, 4.69) is 11.9 Å². The molecule has 0 saturated carbocycles. The summed E-state index contributed by atoms with van der Waals surface area (Å²) in [6.07, 6.45) is -2.86. The van der Waals surface area contributed by atoms with Crippen molar-refractivity contribution >= 4 is 6.09 Å². The van der Waals surface area contributed by atoms with E-state index in [0.29, 0.717) is 0 Å². The van der Waals surface area contributed by atoms with Crippen molar-refractivity contribution in [2.45, 2.75) is 30.5 Å². The Balaban J connectivity index is 3.15. The number of hydrogen-bond acceptors (Lipinski definition) is 7. The summed E-state index contributed by atoms with van der Waals surface area (Å²) in [6.45, 7) is 3.91. The molecule has 1 fully saturated rings. The number of aliphatic hydroxyl groups excluding tert-OH is 1. The van der Waals surface area contributed by atoms with E-state index < -0.39 is 36.3 Å². The third kappa shape index (κ3) is 2.52. The second-order valence-electron chi connectivity index (χ2n) is 4.65. The smallest absolute Gasteiger partial charge is 0.407 e. The summed E-state index contributed by atoms with van der Waals surface area (Å²) >= 11 is 0. The van der Waals surface area contributed by atoms with Crippen molar-refractivity contribution in [1.29, 1.82) is 0 Å². The number of carbonyl (C=O) groups excluding carboxylic acids is 1. The standard InChI is InChI=1S/C12H21NO7/c1-7(2)12(17)9(18-4)8(20-10(15)13-3)5-19-11(12,16)6-14/h8-9,14,16-17H,1,5-6H2,2-4H3,(H,13,15)/t8-,9-,11+,12-/m1/s1. The predicted molar refractivity (Wildman–Crippen MR) is 67.9 cm³/mol. The number of aliphatic hydroxyl groups is 3. The third-order valence-corrected chi connectivity index (χ3v) is 3.41. The van der Waals surface area contributed by atoms with Crippen LogP contribution in [-0.2, 0) is 14.2 Å². The predicted octanol–water partition coefficient (Wildman–Crippen LogP) is -1.26. The maximum atomic E-state index is 11.3. The number of amides is 1. The Morgan fingerprint density at radius 2 is 2.15 bits per heavy atom. The highest BCUT2D eigenvalue weighted by atomic mass is 16.7. The van der Waals surface area contributed by atoms with Crippen LogP contribution in [0.4, 0.5) is 4.79 Å². The molecule has 116 valence electrons. The molecular formula is C12H21NO7. The van der Waals surface area contributed by atoms with E-state index in [1.165, 1.54) is 21.1 Å². The largest absolute Gasteiger partial charge is 0.441 e. The molecule has 0 aromatic rings. The summed E-state index contributed by atoms with van der Waals surface area (Å²) in [5.74, 6) is -2.29. The molecule has 1 heterocycles. The highest BCUT2D eigenvalue weighted by Crippen LogP contribution is 2.40. The first-order valence-corrected chi connectivity index (χ1v) is 6.03. The summed E-state index contributed by atoms with van der Waals surface area (Å²) < 4.78 is 15.3. The Morgan fingerprint density at radius 3 is 2.55 bits per heavy atom. The van der Waals surface area contributed by atoms with Gasteiger partial charge in [-0.05, 0) is 12.5 Å². The van der Waals surface area contributed by atoms with E-state index in [1.807, 2.05) is 0 Å². The van der Waals surface area contributed by atoms with Gasteiger partial charge >= 0.3 is 6.09 Å². The van der Waals surface area contributed by atoms with E-state index in [0.717, 1.165) is 0 Å². The van der Waals surface area contributed by atoms with Crippen molar-refractivity contribution in [3.63, 3.8) is 0 Å². The first-order valence-electron chi connectivity index (χ1n) is 6.03. The molecule has 0 aliphatic carbocycles. The maximum Gasteiger partial charge on any atom is 0.407 e. The zero-order chi connectivity index (χ0) is 15.6. The molecule has 1 amide bonds. The summed E-state index contributed by atoms with van der Waals surface area (Å²) in [5, 5.41) is 32.5. The lowest BCUT2D eigenvalue weighted by Gasteiger charge is -2.51. The van der Waals surface area contributed by atoms with Crippen LogP contribution in [0.5, 0.6) is 0 Å². The van der Waals surface area contributed by atoms with E-state index in [-0.39, 0.29) is 12.2 Å². The van der Waals surface area contributed by atoms with Crippen LogP contribution in [0.25, 0.3) is 0 Å². The molecule has 0 unspecified atom stereocenters. The molecular weight excluding hydrogens is 270 g/mol. The normalized spacial score (nSPS) is 37.3. The van der Waals surface area contributed by atoms with Crippen LogP contribution in [0.1, 0.15) is 6.92 Å². The van der Waals surface area contributed by atoms with Crippen LogP contribution in [0.15, 0.2) is 12.2 Å². The second-order valence-corrected chi connectivity index (χ2v) is 4.65. The highest BCUT2D eigenvalue weighted by Gasteiger charge is 2.63. The van der Waals surface area contributed by atoms with Gasteiger partial charge in [0.2, 0.25) is 5.79 Å². The minimum absolute atomic E-state index is 0.103. The van der Waals surface area contributed by atoms with Gasteiger partial charge in [0.15, 0.2) is 11.7 Å². The Morgan fingerprint density at radius 1 is 1.55 bits per heavy atom. The molecule has 8 heteroatoms. The van der Waals surface area contributed by atoms with Gasteiger partial charge in [-0.25, -0.2) is 4.79 Å². The van der Waals surface area contributed by atoms with Gasteiger partial charge in [0, 0.05) is 14.2 Å². The lowest BCUT2D eigenvalue weighted by atomic mass is 9.77. The average Bonchev–Trinajstić information content (AvgIpc) is 2.42. The molecule has 4 atom stereocenters. The molecule has 4 N–H and O–H groups in total. The molecule has 0 radical (unpaired) electrons. The quantitative estimate of drug-likeness (QED) is 0.478. The van der Waals surface area contributed by atoms with Gasteiger partial charge in [-0.3, -0.25) is 0 Å². The van der Waals surface area contributed by atoms with Crippen molar-refractivity contribution in [2.24, 2.45) is 0 Å². The minimum atomic E-state index is -2.29. The van der Waals surface area contributed by atoms with Crippen LogP contribution in [-0.4, -0.2) is 72.4 Å². The van der Waals surface area contributed by atoms with Gasteiger partial charge in [-0.1, -0.05) is 6.58 Å². The Hall–Kier alpha value is -1.19. The fourth-order valence-corrected chi connectivity index (χ4v) is 2.27. The van der Waals surface area contributed by atoms with E-state index in [4.69, 9.17) is 14.2 Å². The van der Waals surface area contributed by atoms with Crippen LogP contribution in [0, 0.1) is 0 Å². The first kappa shape index (κ1) is 16.9. The SMILES string of the molecule is C=C(C)[C@@]1(O)[C@H](OC)[C@H](OC(=O)NC)CO[C@@]1(O)CO. The summed E-state index contributed by atoms with van der Waals surface area (Å²) in [6, 6.07) is 0. The van der Waals surface area contributed by atoms with Gasteiger partial charge < -0.3 is 34.8 Å². The molecule has 8 nitrogen and oxygen atoms in total. The lowest BCUT2D eigenvalue weighted by molar-refractivity contribution is -0.364. The number of nitrogens with one attached hydrogen (secondary N) is 1. The van der Waals surface area contributed by atoms with Crippen molar-refractivity contribution in [1.82, 2.24) is 5.32 Å². The Labute approximate surface area is 116 Å². The monoisotopic (exact) mass is 291 g/mol. The molecule has 1 aliphatic heterocycles. The van der Waals surface area contributed by atoms with Crippen molar-refractivity contribution in [3.05, 3.63) is 12.2 Å². The Bertz CT molecular complexity index is 388. The number of methoxy groups -OCH3 is 1. The zero-order valence-corrected chi connectivity index (χ0v) is 11.8. The van der Waals surface area contributed by atoms with Crippen LogP contribution < -0.4 is 5.32 Å². The number of rotatable bonds is 4. The molecule has 1 aliphatic rings. The molecule has 1 saturated heterocycles. The second kappa shape index (κ2) is 6.06. The maximum absolute atomic E-state index is 11.3. The molecule has 0 aromatic heterocycles. The molecule has 0 bridgehead atoms.